The van der Waals surface area contributed by atoms with Crippen molar-refractivity contribution < 1.29 is 9.31 Å². The van der Waals surface area contributed by atoms with Crippen LogP contribution in [0.3, 0.4) is 0 Å². The minimum atomic E-state index is -0.358. The zero-order valence-electron chi connectivity index (χ0n) is 12.0. The number of rotatable bonds is 1. The van der Waals surface area contributed by atoms with E-state index in [1.54, 1.807) is 0 Å². The molecule has 0 unspecified atom stereocenters. The molecule has 0 bridgehead atoms. The summed E-state index contributed by atoms with van der Waals surface area (Å²) < 4.78 is 12.2. The molecule has 3 rings (SSSR count). The SMILES string of the molecule is CC1(C)OB(c2cc3c(cc2Cl)CCC3)OC1(C)C. The molecular weight excluding hydrogens is 258 g/mol. The average molecular weight is 279 g/mol. The molecular formula is C15H20BClO2. The molecule has 1 aromatic rings. The van der Waals surface area contributed by atoms with Gasteiger partial charge in [0.1, 0.15) is 0 Å². The average Bonchev–Trinajstić information content (AvgIpc) is 2.80. The van der Waals surface area contributed by atoms with Gasteiger partial charge in [-0.15, -0.1) is 0 Å². The van der Waals surface area contributed by atoms with Crippen LogP contribution in [0.5, 0.6) is 0 Å². The molecule has 1 aliphatic heterocycles. The van der Waals surface area contributed by atoms with Gasteiger partial charge in [-0.25, -0.2) is 0 Å². The summed E-state index contributed by atoms with van der Waals surface area (Å²) in [6.45, 7) is 8.26. The van der Waals surface area contributed by atoms with Crippen molar-refractivity contribution in [2.45, 2.75) is 58.2 Å². The third kappa shape index (κ3) is 2.12. The van der Waals surface area contributed by atoms with E-state index in [0.717, 1.165) is 23.3 Å². The molecule has 19 heavy (non-hydrogen) atoms. The van der Waals surface area contributed by atoms with E-state index >= 15 is 0 Å². The summed E-state index contributed by atoms with van der Waals surface area (Å²) in [5, 5.41) is 0.763. The maximum Gasteiger partial charge on any atom is 0.496 e. The maximum absolute atomic E-state index is 6.41. The zero-order chi connectivity index (χ0) is 13.8. The quantitative estimate of drug-likeness (QED) is 0.735. The highest BCUT2D eigenvalue weighted by molar-refractivity contribution is 6.65. The Morgan fingerprint density at radius 3 is 2.11 bits per heavy atom. The van der Waals surface area contributed by atoms with Crippen molar-refractivity contribution in [3.8, 4) is 0 Å². The standard InChI is InChI=1S/C15H20BClO2/c1-14(2)15(3,4)19-16(18-14)12-8-10-6-5-7-11(10)9-13(12)17/h8-9H,5-7H2,1-4H3. The largest absolute Gasteiger partial charge is 0.496 e. The van der Waals surface area contributed by atoms with Crippen molar-refractivity contribution in [3.63, 3.8) is 0 Å². The van der Waals surface area contributed by atoms with Gasteiger partial charge in [0.2, 0.25) is 0 Å². The number of aryl methyl sites for hydroxylation is 2. The first-order valence-electron chi connectivity index (χ1n) is 6.97. The van der Waals surface area contributed by atoms with Crippen LogP contribution in [0, 0.1) is 0 Å². The lowest BCUT2D eigenvalue weighted by atomic mass is 9.77. The van der Waals surface area contributed by atoms with Crippen molar-refractivity contribution in [1.29, 1.82) is 0 Å². The first-order chi connectivity index (χ1) is 8.80. The number of hydrogen-bond acceptors (Lipinski definition) is 2. The van der Waals surface area contributed by atoms with Crippen LogP contribution >= 0.6 is 11.6 Å². The van der Waals surface area contributed by atoms with Crippen LogP contribution in [-0.2, 0) is 22.2 Å². The summed E-state index contributed by atoms with van der Waals surface area (Å²) in [6.07, 6.45) is 3.50. The van der Waals surface area contributed by atoms with Crippen LogP contribution in [0.4, 0.5) is 0 Å². The number of benzene rings is 1. The highest BCUT2D eigenvalue weighted by atomic mass is 35.5. The summed E-state index contributed by atoms with van der Waals surface area (Å²) in [5.41, 5.74) is 3.11. The van der Waals surface area contributed by atoms with Gasteiger partial charge >= 0.3 is 7.12 Å². The van der Waals surface area contributed by atoms with Crippen LogP contribution in [-0.4, -0.2) is 18.3 Å². The molecule has 0 aromatic heterocycles. The Balaban J connectivity index is 1.96. The fraction of sp³-hybridized carbons (Fsp3) is 0.600. The summed E-state index contributed by atoms with van der Waals surface area (Å²) >= 11 is 6.41. The summed E-state index contributed by atoms with van der Waals surface area (Å²) in [5.74, 6) is 0. The predicted octanol–water partition coefficient (Wildman–Crippen LogP) is 3.13. The molecule has 0 N–H and O–H groups in total. The van der Waals surface area contributed by atoms with Gasteiger partial charge in [-0.1, -0.05) is 17.7 Å². The van der Waals surface area contributed by atoms with Crippen LogP contribution in [0.2, 0.25) is 5.02 Å². The van der Waals surface area contributed by atoms with E-state index < -0.39 is 0 Å². The first kappa shape index (κ1) is 13.5. The van der Waals surface area contributed by atoms with Crippen LogP contribution in [0.25, 0.3) is 0 Å². The molecule has 0 amide bonds. The van der Waals surface area contributed by atoms with E-state index in [2.05, 4.69) is 39.8 Å². The first-order valence-corrected chi connectivity index (χ1v) is 7.35. The Bertz CT molecular complexity index is 509. The second-order valence-electron chi connectivity index (χ2n) is 6.58. The molecule has 4 heteroatoms. The van der Waals surface area contributed by atoms with Gasteiger partial charge in [0.05, 0.1) is 11.2 Å². The maximum atomic E-state index is 6.41. The van der Waals surface area contributed by atoms with Crippen molar-refractivity contribution >= 4 is 24.2 Å². The Kier molecular flexibility index (Phi) is 3.01. The lowest BCUT2D eigenvalue weighted by Crippen LogP contribution is -2.41. The predicted molar refractivity (Wildman–Crippen MR) is 79.2 cm³/mol. The van der Waals surface area contributed by atoms with Gasteiger partial charge in [0.25, 0.3) is 0 Å². The minimum absolute atomic E-state index is 0.319. The lowest BCUT2D eigenvalue weighted by molar-refractivity contribution is 0.00578. The molecule has 1 aromatic carbocycles. The molecule has 1 fully saturated rings. The van der Waals surface area contributed by atoms with Gasteiger partial charge in [0, 0.05) is 10.5 Å². The molecule has 0 saturated carbocycles. The second kappa shape index (κ2) is 4.24. The molecule has 0 spiro atoms. The molecule has 1 saturated heterocycles. The van der Waals surface area contributed by atoms with Gasteiger partial charge in [0.15, 0.2) is 0 Å². The topological polar surface area (TPSA) is 18.5 Å². The minimum Gasteiger partial charge on any atom is -0.399 e. The normalized spacial score (nSPS) is 23.7. The van der Waals surface area contributed by atoms with Gasteiger partial charge in [-0.05, 0) is 64.2 Å². The van der Waals surface area contributed by atoms with Crippen molar-refractivity contribution in [2.24, 2.45) is 0 Å². The van der Waals surface area contributed by atoms with Gasteiger partial charge < -0.3 is 9.31 Å². The van der Waals surface area contributed by atoms with Crippen molar-refractivity contribution in [2.75, 3.05) is 0 Å². The molecule has 1 heterocycles. The van der Waals surface area contributed by atoms with Crippen LogP contribution in [0.1, 0.15) is 45.2 Å². The second-order valence-corrected chi connectivity index (χ2v) is 6.99. The fourth-order valence-corrected chi connectivity index (χ4v) is 3.04. The highest BCUT2D eigenvalue weighted by Crippen LogP contribution is 2.37. The van der Waals surface area contributed by atoms with Crippen molar-refractivity contribution in [1.82, 2.24) is 0 Å². The van der Waals surface area contributed by atoms with Crippen LogP contribution in [0.15, 0.2) is 12.1 Å². The highest BCUT2D eigenvalue weighted by Gasteiger charge is 2.52. The molecule has 2 nitrogen and oxygen atoms in total. The zero-order valence-corrected chi connectivity index (χ0v) is 12.8. The molecule has 1 aliphatic carbocycles. The Hall–Kier alpha value is -0.505. The number of halogens is 1. The molecule has 0 atom stereocenters. The smallest absolute Gasteiger partial charge is 0.399 e. The number of fused-ring (bicyclic) bond motifs is 1. The summed E-state index contributed by atoms with van der Waals surface area (Å²) in [4.78, 5) is 0. The van der Waals surface area contributed by atoms with E-state index in [9.17, 15) is 0 Å². The summed E-state index contributed by atoms with van der Waals surface area (Å²) in [6, 6.07) is 4.26. The van der Waals surface area contributed by atoms with Crippen LogP contribution < -0.4 is 5.46 Å². The molecule has 0 radical (unpaired) electrons. The lowest BCUT2D eigenvalue weighted by Gasteiger charge is -2.32. The molecule has 2 aliphatic rings. The number of hydrogen-bond donors (Lipinski definition) is 0. The van der Waals surface area contributed by atoms with E-state index in [1.807, 2.05) is 0 Å². The Morgan fingerprint density at radius 1 is 1.00 bits per heavy atom. The van der Waals surface area contributed by atoms with E-state index in [1.165, 1.54) is 17.5 Å². The van der Waals surface area contributed by atoms with Gasteiger partial charge in [-0.2, -0.15) is 0 Å². The fourth-order valence-electron chi connectivity index (χ4n) is 2.76. The Labute approximate surface area is 120 Å². The Morgan fingerprint density at radius 2 is 1.53 bits per heavy atom. The molecule has 102 valence electrons. The third-order valence-corrected chi connectivity index (χ3v) is 5.05. The van der Waals surface area contributed by atoms with Crippen molar-refractivity contribution in [3.05, 3.63) is 28.3 Å². The third-order valence-electron chi connectivity index (χ3n) is 4.72. The van der Waals surface area contributed by atoms with E-state index in [-0.39, 0.29) is 18.3 Å². The monoisotopic (exact) mass is 278 g/mol. The van der Waals surface area contributed by atoms with E-state index in [4.69, 9.17) is 20.9 Å². The van der Waals surface area contributed by atoms with E-state index in [0.29, 0.717) is 0 Å². The van der Waals surface area contributed by atoms with Gasteiger partial charge in [-0.3, -0.25) is 0 Å². The summed E-state index contributed by atoms with van der Waals surface area (Å²) in [7, 11) is -0.358.